The van der Waals surface area contributed by atoms with Crippen LogP contribution in [0.1, 0.15) is 30.0 Å². The van der Waals surface area contributed by atoms with Gasteiger partial charge < -0.3 is 15.3 Å². The predicted molar refractivity (Wildman–Crippen MR) is 100 cm³/mol. The molecular formula is C20H20ClFN2O3. The second-order valence-electron chi connectivity index (χ2n) is 6.59. The molecule has 2 aromatic carbocycles. The molecule has 1 aliphatic rings. The number of nitrogens with one attached hydrogen (secondary N) is 1. The maximum Gasteiger partial charge on any atom is 0.318 e. The molecule has 142 valence electrons. The van der Waals surface area contributed by atoms with Gasteiger partial charge in [0.05, 0.1) is 12.0 Å². The number of benzene rings is 2. The summed E-state index contributed by atoms with van der Waals surface area (Å²) in [5.74, 6) is -1.64. The molecule has 1 fully saturated rings. The van der Waals surface area contributed by atoms with E-state index in [1.165, 1.54) is 12.1 Å². The zero-order valence-electron chi connectivity index (χ0n) is 14.6. The van der Waals surface area contributed by atoms with Crippen LogP contribution in [0.2, 0.25) is 5.02 Å². The van der Waals surface area contributed by atoms with Gasteiger partial charge in [-0.3, -0.25) is 4.79 Å². The molecule has 2 amide bonds. The highest BCUT2D eigenvalue weighted by Crippen LogP contribution is 2.26. The third-order valence-corrected chi connectivity index (χ3v) is 5.00. The van der Waals surface area contributed by atoms with Crippen LogP contribution >= 0.6 is 11.6 Å². The molecule has 3 rings (SSSR count). The van der Waals surface area contributed by atoms with E-state index < -0.39 is 23.7 Å². The van der Waals surface area contributed by atoms with Crippen LogP contribution in [-0.4, -0.2) is 35.1 Å². The molecule has 1 saturated heterocycles. The Balaban J connectivity index is 1.80. The van der Waals surface area contributed by atoms with Gasteiger partial charge >= 0.3 is 12.0 Å². The van der Waals surface area contributed by atoms with Gasteiger partial charge in [-0.05, 0) is 48.2 Å². The Morgan fingerprint density at radius 2 is 1.74 bits per heavy atom. The summed E-state index contributed by atoms with van der Waals surface area (Å²) in [6.45, 7) is 0.739. The Bertz CT molecular complexity index is 792. The smallest absolute Gasteiger partial charge is 0.318 e. The van der Waals surface area contributed by atoms with Gasteiger partial charge in [-0.2, -0.15) is 0 Å². The normalized spacial score (nSPS) is 16.0. The second kappa shape index (κ2) is 8.39. The third-order valence-electron chi connectivity index (χ3n) is 4.76. The molecule has 0 bridgehead atoms. The summed E-state index contributed by atoms with van der Waals surface area (Å²) in [5.41, 5.74) is 1.34. The van der Waals surface area contributed by atoms with E-state index in [1.54, 1.807) is 35.2 Å². The summed E-state index contributed by atoms with van der Waals surface area (Å²) >= 11 is 6.09. The van der Waals surface area contributed by atoms with E-state index in [0.717, 1.165) is 5.56 Å². The first kappa shape index (κ1) is 19.2. The summed E-state index contributed by atoms with van der Waals surface area (Å²) in [5, 5.41) is 12.5. The van der Waals surface area contributed by atoms with Crippen LogP contribution in [0.5, 0.6) is 0 Å². The zero-order valence-corrected chi connectivity index (χ0v) is 15.3. The lowest BCUT2D eigenvalue weighted by molar-refractivity contribution is -0.143. The molecule has 5 nitrogen and oxygen atoms in total. The van der Waals surface area contributed by atoms with Crippen molar-refractivity contribution >= 4 is 23.6 Å². The number of carboxylic acid groups (broad SMARTS) is 1. The number of amides is 2. The van der Waals surface area contributed by atoms with Crippen molar-refractivity contribution in [3.8, 4) is 0 Å². The average Bonchev–Trinajstić information content (AvgIpc) is 2.66. The highest BCUT2D eigenvalue weighted by molar-refractivity contribution is 6.30. The zero-order chi connectivity index (χ0) is 19.4. The van der Waals surface area contributed by atoms with Gasteiger partial charge in [0.2, 0.25) is 0 Å². The van der Waals surface area contributed by atoms with E-state index in [9.17, 15) is 14.0 Å². The Morgan fingerprint density at radius 1 is 1.11 bits per heavy atom. The first-order chi connectivity index (χ1) is 12.9. The minimum absolute atomic E-state index is 0.312. The number of hydrogen-bond donors (Lipinski definition) is 2. The van der Waals surface area contributed by atoms with Crippen molar-refractivity contribution in [2.24, 2.45) is 5.92 Å². The summed E-state index contributed by atoms with van der Waals surface area (Å²) in [6, 6.07) is 12.2. The van der Waals surface area contributed by atoms with E-state index in [-0.39, 0.29) is 6.03 Å². The Kier molecular flexibility index (Phi) is 5.96. The quantitative estimate of drug-likeness (QED) is 0.826. The van der Waals surface area contributed by atoms with Crippen molar-refractivity contribution < 1.29 is 19.1 Å². The van der Waals surface area contributed by atoms with Crippen LogP contribution in [0.3, 0.4) is 0 Å². The maximum atomic E-state index is 13.7. The number of halogens is 2. The van der Waals surface area contributed by atoms with Crippen LogP contribution in [0, 0.1) is 11.7 Å². The van der Waals surface area contributed by atoms with E-state index in [2.05, 4.69) is 5.32 Å². The van der Waals surface area contributed by atoms with Crippen LogP contribution < -0.4 is 5.32 Å². The van der Waals surface area contributed by atoms with Gasteiger partial charge in [-0.25, -0.2) is 9.18 Å². The summed E-state index contributed by atoms with van der Waals surface area (Å²) in [4.78, 5) is 25.4. The van der Waals surface area contributed by atoms with Crippen LogP contribution in [0.25, 0.3) is 0 Å². The lowest BCUT2D eigenvalue weighted by Crippen LogP contribution is -2.46. The molecule has 0 aliphatic carbocycles. The summed E-state index contributed by atoms with van der Waals surface area (Å²) in [6.07, 6.45) is 0.842. The monoisotopic (exact) mass is 390 g/mol. The topological polar surface area (TPSA) is 69.6 Å². The third kappa shape index (κ3) is 4.77. The van der Waals surface area contributed by atoms with E-state index in [1.807, 2.05) is 6.07 Å². The number of rotatable bonds is 4. The number of urea groups is 1. The van der Waals surface area contributed by atoms with Crippen LogP contribution in [0.15, 0.2) is 48.5 Å². The SMILES string of the molecule is O=C(O)C1CCN(C(=O)NC(c2cccc(F)c2)c2cccc(Cl)c2)CC1. The van der Waals surface area contributed by atoms with Gasteiger partial charge in [-0.15, -0.1) is 0 Å². The first-order valence-corrected chi connectivity index (χ1v) is 9.11. The Hall–Kier alpha value is -2.60. The van der Waals surface area contributed by atoms with E-state index in [4.69, 9.17) is 16.7 Å². The average molecular weight is 391 g/mol. The standard InChI is InChI=1S/C20H20ClFN2O3/c21-16-5-1-3-14(11-16)18(15-4-2-6-17(22)12-15)23-20(27)24-9-7-13(8-10-24)19(25)26/h1-6,11-13,18H,7-10H2,(H,23,27)(H,25,26). The molecule has 2 N–H and O–H groups in total. The van der Waals surface area contributed by atoms with E-state index >= 15 is 0 Å². The molecule has 0 spiro atoms. The van der Waals surface area contributed by atoms with Crippen molar-refractivity contribution in [3.63, 3.8) is 0 Å². The lowest BCUT2D eigenvalue weighted by Gasteiger charge is -2.32. The van der Waals surface area contributed by atoms with Crippen molar-refractivity contribution in [1.29, 1.82) is 0 Å². The second-order valence-corrected chi connectivity index (χ2v) is 7.03. The molecule has 1 atom stereocenters. The minimum Gasteiger partial charge on any atom is -0.481 e. The van der Waals surface area contributed by atoms with E-state index in [0.29, 0.717) is 36.5 Å². The van der Waals surface area contributed by atoms with Gasteiger partial charge in [0.15, 0.2) is 0 Å². The minimum atomic E-state index is -0.827. The van der Waals surface area contributed by atoms with Crippen LogP contribution in [0.4, 0.5) is 9.18 Å². The largest absolute Gasteiger partial charge is 0.481 e. The number of carbonyl (C=O) groups is 2. The van der Waals surface area contributed by atoms with Crippen molar-refractivity contribution in [3.05, 3.63) is 70.5 Å². The molecule has 1 heterocycles. The number of nitrogens with zero attached hydrogens (tertiary/aromatic N) is 1. The fraction of sp³-hybridized carbons (Fsp3) is 0.300. The predicted octanol–water partition coefficient (Wildman–Crippen LogP) is 4.07. The lowest BCUT2D eigenvalue weighted by atomic mass is 9.97. The number of carboxylic acids is 1. The molecule has 0 saturated carbocycles. The molecule has 0 aromatic heterocycles. The molecule has 27 heavy (non-hydrogen) atoms. The van der Waals surface area contributed by atoms with Gasteiger partial charge in [-0.1, -0.05) is 35.9 Å². The highest BCUT2D eigenvalue weighted by Gasteiger charge is 2.28. The van der Waals surface area contributed by atoms with Crippen molar-refractivity contribution in [1.82, 2.24) is 10.2 Å². The van der Waals surface area contributed by atoms with Gasteiger partial charge in [0.1, 0.15) is 5.82 Å². The summed E-state index contributed by atoms with van der Waals surface area (Å²) in [7, 11) is 0. The van der Waals surface area contributed by atoms with Crippen LogP contribution in [-0.2, 0) is 4.79 Å². The fourth-order valence-corrected chi connectivity index (χ4v) is 3.47. The first-order valence-electron chi connectivity index (χ1n) is 8.73. The Labute approximate surface area is 161 Å². The molecule has 1 unspecified atom stereocenters. The number of likely N-dealkylation sites (tertiary alicyclic amines) is 1. The van der Waals surface area contributed by atoms with Gasteiger partial charge in [0.25, 0.3) is 0 Å². The maximum absolute atomic E-state index is 13.7. The number of piperidine rings is 1. The molecule has 7 heteroatoms. The van der Waals surface area contributed by atoms with Crippen molar-refractivity contribution in [2.45, 2.75) is 18.9 Å². The molecule has 1 aliphatic heterocycles. The number of aliphatic carboxylic acids is 1. The molecule has 0 radical (unpaired) electrons. The molecular weight excluding hydrogens is 371 g/mol. The highest BCUT2D eigenvalue weighted by atomic mass is 35.5. The number of carbonyl (C=O) groups excluding carboxylic acids is 1. The van der Waals surface area contributed by atoms with Crippen molar-refractivity contribution in [2.75, 3.05) is 13.1 Å². The molecule has 2 aromatic rings. The fourth-order valence-electron chi connectivity index (χ4n) is 3.28. The summed E-state index contributed by atoms with van der Waals surface area (Å²) < 4.78 is 13.7. The van der Waals surface area contributed by atoms with Gasteiger partial charge in [0, 0.05) is 18.1 Å². The number of hydrogen-bond acceptors (Lipinski definition) is 2. The Morgan fingerprint density at radius 3 is 2.33 bits per heavy atom.